The number of aromatic hydroxyl groups is 1. The third-order valence-corrected chi connectivity index (χ3v) is 3.44. The van der Waals surface area contributed by atoms with Crippen molar-refractivity contribution < 1.29 is 9.84 Å². The van der Waals surface area contributed by atoms with Crippen LogP contribution >= 0.6 is 0 Å². The molecule has 1 aromatic carbocycles. The molecule has 16 heavy (non-hydrogen) atoms. The lowest BCUT2D eigenvalue weighted by atomic mass is 9.80. The van der Waals surface area contributed by atoms with E-state index in [-0.39, 0.29) is 0 Å². The lowest BCUT2D eigenvalue weighted by Crippen LogP contribution is -2.14. The highest BCUT2D eigenvalue weighted by Gasteiger charge is 2.23. The highest BCUT2D eigenvalue weighted by atomic mass is 16.5. The molecular weight excluding hydrogens is 202 g/mol. The van der Waals surface area contributed by atoms with E-state index in [1.807, 2.05) is 6.07 Å². The van der Waals surface area contributed by atoms with Crippen molar-refractivity contribution in [1.82, 2.24) is 0 Å². The Balaban J connectivity index is 2.39. The number of rotatable bonds is 3. The number of benzene rings is 1. The van der Waals surface area contributed by atoms with E-state index in [1.54, 1.807) is 7.11 Å². The molecule has 0 aliphatic heterocycles. The second kappa shape index (κ2) is 4.74. The van der Waals surface area contributed by atoms with E-state index in [2.05, 4.69) is 6.07 Å². The summed E-state index contributed by atoms with van der Waals surface area (Å²) in [6.07, 6.45) is 4.24. The van der Waals surface area contributed by atoms with Gasteiger partial charge in [0, 0.05) is 5.56 Å². The molecule has 3 nitrogen and oxygen atoms in total. The molecule has 0 heterocycles. The molecule has 3 N–H and O–H groups in total. The van der Waals surface area contributed by atoms with Gasteiger partial charge in [0.15, 0.2) is 11.5 Å². The zero-order valence-corrected chi connectivity index (χ0v) is 9.70. The zero-order chi connectivity index (χ0) is 11.5. The predicted molar refractivity (Wildman–Crippen MR) is 64.0 cm³/mol. The van der Waals surface area contributed by atoms with Crippen LogP contribution < -0.4 is 10.5 Å². The molecule has 0 bridgehead atoms. The summed E-state index contributed by atoms with van der Waals surface area (Å²) in [5.74, 6) is 1.40. The van der Waals surface area contributed by atoms with E-state index in [0.29, 0.717) is 24.0 Å². The van der Waals surface area contributed by atoms with Crippen LogP contribution in [-0.4, -0.2) is 18.8 Å². The van der Waals surface area contributed by atoms with Crippen LogP contribution in [0.1, 0.15) is 36.3 Å². The summed E-state index contributed by atoms with van der Waals surface area (Å²) in [4.78, 5) is 0. The van der Waals surface area contributed by atoms with Gasteiger partial charge in [-0.2, -0.15) is 0 Å². The zero-order valence-electron chi connectivity index (χ0n) is 9.70. The standard InChI is InChI=1S/C13H19NO2/c1-16-12-6-5-10-9(7-8-14)3-2-4-11(10)13(12)15/h5-6,9,15H,2-4,7-8,14H2,1H3. The van der Waals surface area contributed by atoms with Crippen molar-refractivity contribution in [3.63, 3.8) is 0 Å². The Morgan fingerprint density at radius 3 is 3.00 bits per heavy atom. The van der Waals surface area contributed by atoms with Gasteiger partial charge in [-0.25, -0.2) is 0 Å². The smallest absolute Gasteiger partial charge is 0.161 e. The first-order chi connectivity index (χ1) is 7.77. The minimum absolute atomic E-state index is 0.321. The largest absolute Gasteiger partial charge is 0.504 e. The summed E-state index contributed by atoms with van der Waals surface area (Å²) in [6, 6.07) is 3.93. The molecule has 1 aliphatic carbocycles. The third-order valence-electron chi connectivity index (χ3n) is 3.44. The molecule has 0 amide bonds. The topological polar surface area (TPSA) is 55.5 Å². The van der Waals surface area contributed by atoms with Crippen LogP contribution in [0.15, 0.2) is 12.1 Å². The van der Waals surface area contributed by atoms with Crippen LogP contribution in [0.5, 0.6) is 11.5 Å². The number of nitrogens with two attached hydrogens (primary N) is 1. The first kappa shape index (κ1) is 11.3. The maximum absolute atomic E-state index is 10.1. The summed E-state index contributed by atoms with van der Waals surface area (Å²) < 4.78 is 5.13. The van der Waals surface area contributed by atoms with E-state index in [4.69, 9.17) is 10.5 Å². The van der Waals surface area contributed by atoms with Gasteiger partial charge in [-0.1, -0.05) is 6.07 Å². The fraction of sp³-hybridized carbons (Fsp3) is 0.538. The van der Waals surface area contributed by atoms with Crippen LogP contribution in [0.2, 0.25) is 0 Å². The highest BCUT2D eigenvalue weighted by Crippen LogP contribution is 2.41. The second-order valence-electron chi connectivity index (χ2n) is 4.35. The van der Waals surface area contributed by atoms with Crippen LogP contribution in [0.4, 0.5) is 0 Å². The Morgan fingerprint density at radius 2 is 2.31 bits per heavy atom. The molecule has 1 unspecified atom stereocenters. The number of phenols is 1. The lowest BCUT2D eigenvalue weighted by molar-refractivity contribution is 0.366. The van der Waals surface area contributed by atoms with Gasteiger partial charge in [-0.05, 0) is 49.8 Å². The van der Waals surface area contributed by atoms with Gasteiger partial charge in [0.05, 0.1) is 7.11 Å². The molecular formula is C13H19NO2. The van der Waals surface area contributed by atoms with E-state index in [1.165, 1.54) is 12.0 Å². The molecule has 1 atom stereocenters. The first-order valence-electron chi connectivity index (χ1n) is 5.86. The minimum Gasteiger partial charge on any atom is -0.504 e. The number of methoxy groups -OCH3 is 1. The molecule has 88 valence electrons. The Bertz CT molecular complexity index is 376. The van der Waals surface area contributed by atoms with Gasteiger partial charge in [0.1, 0.15) is 0 Å². The second-order valence-corrected chi connectivity index (χ2v) is 4.35. The fourth-order valence-electron chi connectivity index (χ4n) is 2.62. The Hall–Kier alpha value is -1.22. The maximum Gasteiger partial charge on any atom is 0.161 e. The van der Waals surface area contributed by atoms with Crippen molar-refractivity contribution >= 4 is 0 Å². The lowest BCUT2D eigenvalue weighted by Gasteiger charge is -2.26. The van der Waals surface area contributed by atoms with Crippen LogP contribution in [0, 0.1) is 0 Å². The molecule has 0 fully saturated rings. The number of ether oxygens (including phenoxy) is 1. The van der Waals surface area contributed by atoms with Crippen molar-refractivity contribution in [2.24, 2.45) is 5.73 Å². The van der Waals surface area contributed by atoms with Crippen molar-refractivity contribution in [2.75, 3.05) is 13.7 Å². The van der Waals surface area contributed by atoms with Crippen molar-refractivity contribution in [3.8, 4) is 11.5 Å². The summed E-state index contributed by atoms with van der Waals surface area (Å²) in [7, 11) is 1.58. The van der Waals surface area contributed by atoms with E-state index >= 15 is 0 Å². The maximum atomic E-state index is 10.1. The quantitative estimate of drug-likeness (QED) is 0.822. The highest BCUT2D eigenvalue weighted by molar-refractivity contribution is 5.51. The molecule has 0 spiro atoms. The summed E-state index contributed by atoms with van der Waals surface area (Å²) in [5.41, 5.74) is 7.94. The van der Waals surface area contributed by atoms with Crippen molar-refractivity contribution in [2.45, 2.75) is 31.6 Å². The minimum atomic E-state index is 0.321. The number of hydrogen-bond donors (Lipinski definition) is 2. The van der Waals surface area contributed by atoms with E-state index in [9.17, 15) is 5.11 Å². The molecule has 0 radical (unpaired) electrons. The predicted octanol–water partition coefficient (Wildman–Crippen LogP) is 2.17. The van der Waals surface area contributed by atoms with Gasteiger partial charge < -0.3 is 15.6 Å². The van der Waals surface area contributed by atoms with Gasteiger partial charge in [0.25, 0.3) is 0 Å². The average Bonchev–Trinajstić information content (AvgIpc) is 2.31. The molecule has 0 saturated heterocycles. The van der Waals surface area contributed by atoms with Gasteiger partial charge in [-0.3, -0.25) is 0 Å². The van der Waals surface area contributed by atoms with Gasteiger partial charge >= 0.3 is 0 Å². The normalized spacial score (nSPS) is 19.2. The van der Waals surface area contributed by atoms with Crippen molar-refractivity contribution in [1.29, 1.82) is 0 Å². The van der Waals surface area contributed by atoms with E-state index in [0.717, 1.165) is 24.8 Å². The Morgan fingerprint density at radius 1 is 1.50 bits per heavy atom. The molecule has 0 aromatic heterocycles. The Labute approximate surface area is 96.2 Å². The summed E-state index contributed by atoms with van der Waals surface area (Å²) >= 11 is 0. The molecule has 3 heteroatoms. The van der Waals surface area contributed by atoms with Crippen LogP contribution in [0.25, 0.3) is 0 Å². The van der Waals surface area contributed by atoms with Gasteiger partial charge in [-0.15, -0.1) is 0 Å². The van der Waals surface area contributed by atoms with Gasteiger partial charge in [0.2, 0.25) is 0 Å². The summed E-state index contributed by atoms with van der Waals surface area (Å²) in [6.45, 7) is 0.705. The third kappa shape index (κ3) is 1.87. The number of fused-ring (bicyclic) bond motifs is 1. The average molecular weight is 221 g/mol. The SMILES string of the molecule is COc1ccc2c(c1O)CCCC2CCN. The summed E-state index contributed by atoms with van der Waals surface area (Å²) in [5, 5.41) is 10.1. The Kier molecular flexibility index (Phi) is 3.34. The molecule has 1 aromatic rings. The van der Waals surface area contributed by atoms with Crippen LogP contribution in [-0.2, 0) is 6.42 Å². The molecule has 1 aliphatic rings. The van der Waals surface area contributed by atoms with E-state index < -0.39 is 0 Å². The van der Waals surface area contributed by atoms with Crippen LogP contribution in [0.3, 0.4) is 0 Å². The van der Waals surface area contributed by atoms with Crippen molar-refractivity contribution in [3.05, 3.63) is 23.3 Å². The molecule has 2 rings (SSSR count). The molecule has 0 saturated carbocycles. The first-order valence-corrected chi connectivity index (χ1v) is 5.86. The monoisotopic (exact) mass is 221 g/mol. The fourth-order valence-corrected chi connectivity index (χ4v) is 2.62. The number of hydrogen-bond acceptors (Lipinski definition) is 3. The number of phenolic OH excluding ortho intramolecular Hbond substituents is 1.